The number of carbonyl (C=O) groups excluding carboxylic acids is 1. The summed E-state index contributed by atoms with van der Waals surface area (Å²) in [5.74, 6) is -1.10. The number of phenolic OH excluding ortho intramolecular Hbond substituents is 1. The number of carboxylic acid groups (broad SMARTS) is 1. The number of hydrogen-bond donors (Lipinski definition) is 3. The third-order valence-corrected chi connectivity index (χ3v) is 3.33. The van der Waals surface area contributed by atoms with Crippen LogP contribution < -0.4 is 14.8 Å². The van der Waals surface area contributed by atoms with Crippen molar-refractivity contribution in [1.82, 2.24) is 0 Å². The van der Waals surface area contributed by atoms with Gasteiger partial charge < -0.3 is 25.0 Å². The minimum Gasteiger partial charge on any atom is -0.502 e. The second kappa shape index (κ2) is 7.87. The summed E-state index contributed by atoms with van der Waals surface area (Å²) in [6.45, 7) is 0. The maximum Gasteiger partial charge on any atom is 0.335 e. The molecule has 2 rings (SSSR count). The summed E-state index contributed by atoms with van der Waals surface area (Å²) in [6.07, 6.45) is 2.84. The van der Waals surface area contributed by atoms with E-state index in [0.717, 1.165) is 0 Å². The Bertz CT molecular complexity index is 786. The third kappa shape index (κ3) is 4.51. The molecular formula is C18H17NO6. The minimum absolute atomic E-state index is 0.120. The molecule has 1 amide bonds. The first-order valence-electron chi connectivity index (χ1n) is 7.22. The van der Waals surface area contributed by atoms with Crippen LogP contribution >= 0.6 is 0 Å². The van der Waals surface area contributed by atoms with Crippen molar-refractivity contribution in [1.29, 1.82) is 0 Å². The monoisotopic (exact) mass is 343 g/mol. The van der Waals surface area contributed by atoms with Gasteiger partial charge in [0.05, 0.1) is 19.8 Å². The summed E-state index contributed by atoms with van der Waals surface area (Å²) in [4.78, 5) is 22.7. The molecule has 0 saturated carbocycles. The average Bonchev–Trinajstić information content (AvgIpc) is 2.61. The van der Waals surface area contributed by atoms with Gasteiger partial charge in [-0.25, -0.2) is 4.79 Å². The maximum atomic E-state index is 12.0. The maximum absolute atomic E-state index is 12.0. The van der Waals surface area contributed by atoms with Crippen molar-refractivity contribution in [3.63, 3.8) is 0 Å². The molecule has 0 spiro atoms. The number of ether oxygens (including phenoxy) is 2. The molecule has 2 aromatic rings. The highest BCUT2D eigenvalue weighted by Crippen LogP contribution is 2.37. The molecule has 2 aromatic carbocycles. The summed E-state index contributed by atoms with van der Waals surface area (Å²) in [7, 11) is 2.82. The van der Waals surface area contributed by atoms with Crippen molar-refractivity contribution in [2.45, 2.75) is 0 Å². The topological polar surface area (TPSA) is 105 Å². The fourth-order valence-electron chi connectivity index (χ4n) is 2.06. The van der Waals surface area contributed by atoms with E-state index >= 15 is 0 Å². The zero-order valence-electron chi connectivity index (χ0n) is 13.6. The molecule has 0 heterocycles. The zero-order chi connectivity index (χ0) is 18.4. The second-order valence-corrected chi connectivity index (χ2v) is 4.98. The highest BCUT2D eigenvalue weighted by atomic mass is 16.5. The molecule has 0 aliphatic carbocycles. The largest absolute Gasteiger partial charge is 0.502 e. The van der Waals surface area contributed by atoms with Gasteiger partial charge in [-0.05, 0) is 48.0 Å². The summed E-state index contributed by atoms with van der Waals surface area (Å²) < 4.78 is 10.1. The van der Waals surface area contributed by atoms with Crippen LogP contribution in [-0.2, 0) is 4.79 Å². The van der Waals surface area contributed by atoms with Gasteiger partial charge in [0.15, 0.2) is 11.5 Å². The second-order valence-electron chi connectivity index (χ2n) is 4.98. The van der Waals surface area contributed by atoms with Gasteiger partial charge in [0.25, 0.3) is 0 Å². The molecule has 0 unspecified atom stereocenters. The number of anilines is 1. The Balaban J connectivity index is 2.10. The molecule has 0 bridgehead atoms. The molecular weight excluding hydrogens is 326 g/mol. The van der Waals surface area contributed by atoms with Crippen LogP contribution in [0.15, 0.2) is 42.5 Å². The van der Waals surface area contributed by atoms with E-state index in [1.807, 2.05) is 0 Å². The molecule has 130 valence electrons. The Morgan fingerprint density at radius 2 is 1.60 bits per heavy atom. The molecule has 7 heteroatoms. The minimum atomic E-state index is -1.03. The van der Waals surface area contributed by atoms with Crippen LogP contribution in [0.2, 0.25) is 0 Å². The Morgan fingerprint density at radius 3 is 2.08 bits per heavy atom. The van der Waals surface area contributed by atoms with E-state index in [9.17, 15) is 14.7 Å². The Labute approximate surface area is 144 Å². The van der Waals surface area contributed by atoms with E-state index < -0.39 is 11.9 Å². The van der Waals surface area contributed by atoms with Crippen LogP contribution in [0.25, 0.3) is 6.08 Å². The van der Waals surface area contributed by atoms with Crippen LogP contribution in [0, 0.1) is 0 Å². The van der Waals surface area contributed by atoms with Crippen molar-refractivity contribution in [2.24, 2.45) is 0 Å². The lowest BCUT2D eigenvalue weighted by Gasteiger charge is -2.09. The van der Waals surface area contributed by atoms with Crippen LogP contribution in [0.1, 0.15) is 15.9 Å². The first-order valence-corrected chi connectivity index (χ1v) is 7.22. The summed E-state index contributed by atoms with van der Waals surface area (Å²) in [5, 5.41) is 21.3. The van der Waals surface area contributed by atoms with Gasteiger partial charge in [0.1, 0.15) is 0 Å². The molecule has 0 aromatic heterocycles. The van der Waals surface area contributed by atoms with E-state index in [1.165, 1.54) is 50.6 Å². The van der Waals surface area contributed by atoms with Gasteiger partial charge in [-0.15, -0.1) is 0 Å². The van der Waals surface area contributed by atoms with E-state index in [1.54, 1.807) is 12.1 Å². The third-order valence-electron chi connectivity index (χ3n) is 3.33. The summed E-state index contributed by atoms with van der Waals surface area (Å²) in [5.41, 5.74) is 1.21. The number of carboxylic acids is 1. The molecule has 25 heavy (non-hydrogen) atoms. The van der Waals surface area contributed by atoms with Gasteiger partial charge in [-0.1, -0.05) is 0 Å². The van der Waals surface area contributed by atoms with Gasteiger partial charge in [0, 0.05) is 11.8 Å². The zero-order valence-corrected chi connectivity index (χ0v) is 13.6. The number of phenols is 1. The predicted molar refractivity (Wildman–Crippen MR) is 92.3 cm³/mol. The van der Waals surface area contributed by atoms with Gasteiger partial charge in [-0.2, -0.15) is 0 Å². The van der Waals surface area contributed by atoms with Crippen molar-refractivity contribution in [3.05, 3.63) is 53.6 Å². The lowest BCUT2D eigenvalue weighted by Crippen LogP contribution is -2.08. The smallest absolute Gasteiger partial charge is 0.335 e. The van der Waals surface area contributed by atoms with Crippen molar-refractivity contribution >= 4 is 23.6 Å². The number of aromatic hydroxyl groups is 1. The van der Waals surface area contributed by atoms with E-state index in [2.05, 4.69) is 5.32 Å². The average molecular weight is 343 g/mol. The highest BCUT2D eigenvalue weighted by Gasteiger charge is 2.10. The Morgan fingerprint density at radius 1 is 1.04 bits per heavy atom. The molecule has 0 radical (unpaired) electrons. The van der Waals surface area contributed by atoms with E-state index in [4.69, 9.17) is 14.6 Å². The number of rotatable bonds is 6. The number of methoxy groups -OCH3 is 2. The molecule has 0 saturated heterocycles. The number of benzene rings is 2. The molecule has 0 aliphatic rings. The fraction of sp³-hybridized carbons (Fsp3) is 0.111. The van der Waals surface area contributed by atoms with E-state index in [0.29, 0.717) is 11.3 Å². The van der Waals surface area contributed by atoms with Gasteiger partial charge in [-0.3, -0.25) is 4.79 Å². The van der Waals surface area contributed by atoms with Crippen molar-refractivity contribution in [3.8, 4) is 17.2 Å². The standard InChI is InChI=1S/C18H17NO6/c1-24-14-9-11(10-15(25-2)17(14)21)3-8-16(20)19-13-6-4-12(5-7-13)18(22)23/h3-10,21H,1-2H3,(H,19,20)(H,22,23). The molecule has 0 atom stereocenters. The lowest BCUT2D eigenvalue weighted by atomic mass is 10.1. The quantitative estimate of drug-likeness (QED) is 0.697. The SMILES string of the molecule is COc1cc(C=CC(=O)Nc2ccc(C(=O)O)cc2)cc(OC)c1O. The van der Waals surface area contributed by atoms with E-state index in [-0.39, 0.29) is 22.8 Å². The first-order chi connectivity index (χ1) is 11.9. The van der Waals surface area contributed by atoms with Crippen LogP contribution in [-0.4, -0.2) is 36.3 Å². The number of aromatic carboxylic acids is 1. The fourth-order valence-corrected chi connectivity index (χ4v) is 2.06. The number of nitrogens with one attached hydrogen (secondary N) is 1. The van der Waals surface area contributed by atoms with Crippen molar-refractivity contribution < 1.29 is 29.3 Å². The van der Waals surface area contributed by atoms with Crippen LogP contribution in [0.5, 0.6) is 17.2 Å². The highest BCUT2D eigenvalue weighted by molar-refractivity contribution is 6.02. The number of carbonyl (C=O) groups is 2. The lowest BCUT2D eigenvalue weighted by molar-refractivity contribution is -0.111. The molecule has 0 aliphatic heterocycles. The molecule has 3 N–H and O–H groups in total. The summed E-state index contributed by atoms with van der Waals surface area (Å²) in [6, 6.07) is 8.92. The van der Waals surface area contributed by atoms with Crippen LogP contribution in [0.3, 0.4) is 0 Å². The number of hydrogen-bond acceptors (Lipinski definition) is 5. The molecule has 7 nitrogen and oxygen atoms in total. The molecule has 0 fully saturated rings. The summed E-state index contributed by atoms with van der Waals surface area (Å²) >= 11 is 0. The number of amides is 1. The van der Waals surface area contributed by atoms with Gasteiger partial charge in [0.2, 0.25) is 11.7 Å². The Kier molecular flexibility index (Phi) is 5.62. The first kappa shape index (κ1) is 17.9. The normalized spacial score (nSPS) is 10.5. The van der Waals surface area contributed by atoms with Crippen molar-refractivity contribution in [2.75, 3.05) is 19.5 Å². The Hall–Kier alpha value is -3.48. The van der Waals surface area contributed by atoms with Crippen LogP contribution in [0.4, 0.5) is 5.69 Å². The van der Waals surface area contributed by atoms with Gasteiger partial charge >= 0.3 is 5.97 Å². The predicted octanol–water partition coefficient (Wildman–Crippen LogP) is 2.76.